The van der Waals surface area contributed by atoms with E-state index >= 15 is 0 Å². The smallest absolute Gasteiger partial charge is 0.153 e. The van der Waals surface area contributed by atoms with Gasteiger partial charge in [-0.3, -0.25) is 5.41 Å². The standard InChI is InChI=1S/C44H31N3OS.C7H10/c45-43(29-17-8-3-9-18-29)47-44(46)35-24-23-34(33-21-12-20-32-31-19-10-11-22-38(31)48-40(32)33)42-39(35)37-26-30(27-13-4-1-5-14-27)25-36(41(37)49-42)28-15-6-2-7-16-28;1-7-5-3-2-4-6-7/h1-26,35,39H,(H3,45,46,47);3,5-6H,2,4H2,1H3. The van der Waals surface area contributed by atoms with Gasteiger partial charge in [-0.2, -0.15) is 0 Å². The van der Waals surface area contributed by atoms with Gasteiger partial charge in [0.2, 0.25) is 0 Å². The van der Waals surface area contributed by atoms with Crippen LogP contribution in [-0.2, 0) is 0 Å². The highest BCUT2D eigenvalue weighted by molar-refractivity contribution is 8.03. The van der Waals surface area contributed by atoms with Crippen LogP contribution in [-0.4, -0.2) is 11.7 Å². The molecule has 1 aromatic heterocycles. The van der Waals surface area contributed by atoms with Gasteiger partial charge in [0.25, 0.3) is 0 Å². The molecule has 0 fully saturated rings. The van der Waals surface area contributed by atoms with E-state index in [1.54, 1.807) is 0 Å². The number of nitrogens with two attached hydrogens (primary N) is 1. The molecule has 272 valence electrons. The number of fused-ring (bicyclic) bond motifs is 6. The molecule has 0 saturated carbocycles. The highest BCUT2D eigenvalue weighted by Crippen LogP contribution is 2.60. The number of amidine groups is 2. The molecule has 10 rings (SSSR count). The van der Waals surface area contributed by atoms with Crippen molar-refractivity contribution < 1.29 is 4.42 Å². The third-order valence-corrected chi connectivity index (χ3v) is 12.1. The molecule has 2 atom stereocenters. The van der Waals surface area contributed by atoms with Crippen LogP contribution in [0.25, 0.3) is 49.8 Å². The van der Waals surface area contributed by atoms with Crippen LogP contribution in [0.2, 0.25) is 0 Å². The Morgan fingerprint density at radius 3 is 2.12 bits per heavy atom. The Labute approximate surface area is 332 Å². The van der Waals surface area contributed by atoms with Crippen molar-refractivity contribution in [2.24, 2.45) is 16.6 Å². The molecule has 0 amide bonds. The molecule has 0 spiro atoms. The summed E-state index contributed by atoms with van der Waals surface area (Å²) in [5, 5.41) is 11.0. The van der Waals surface area contributed by atoms with Crippen LogP contribution in [0.4, 0.5) is 0 Å². The Bertz CT molecular complexity index is 2750. The van der Waals surface area contributed by atoms with Crippen molar-refractivity contribution in [3.8, 4) is 22.3 Å². The third-order valence-electron chi connectivity index (χ3n) is 10.7. The summed E-state index contributed by atoms with van der Waals surface area (Å²) in [6.07, 6.45) is 13.5. The first-order valence-corrected chi connectivity index (χ1v) is 20.0. The maximum absolute atomic E-state index is 8.80. The van der Waals surface area contributed by atoms with Gasteiger partial charge in [-0.05, 0) is 71.4 Å². The zero-order valence-corrected chi connectivity index (χ0v) is 32.0. The van der Waals surface area contributed by atoms with Crippen LogP contribution in [0.15, 0.2) is 201 Å². The summed E-state index contributed by atoms with van der Waals surface area (Å²) in [6.45, 7) is 2.13. The number of nitrogens with zero attached hydrogens (tertiary/aromatic N) is 1. The molecule has 2 aliphatic carbocycles. The Morgan fingerprint density at radius 1 is 0.714 bits per heavy atom. The molecule has 4 nitrogen and oxygen atoms in total. The largest absolute Gasteiger partial charge is 0.455 e. The molecule has 2 unspecified atom stereocenters. The summed E-state index contributed by atoms with van der Waals surface area (Å²) in [4.78, 5) is 7.15. The first kappa shape index (κ1) is 35.3. The van der Waals surface area contributed by atoms with Crippen LogP contribution in [0.3, 0.4) is 0 Å². The lowest BCUT2D eigenvalue weighted by Crippen LogP contribution is -2.30. The molecule has 6 aromatic carbocycles. The number of nitrogens with one attached hydrogen (secondary N) is 1. The summed E-state index contributed by atoms with van der Waals surface area (Å²) in [7, 11) is 0. The lowest BCUT2D eigenvalue weighted by atomic mass is 9.77. The quantitative estimate of drug-likeness (QED) is 0.136. The highest BCUT2D eigenvalue weighted by atomic mass is 32.2. The van der Waals surface area contributed by atoms with Crippen LogP contribution >= 0.6 is 11.8 Å². The maximum Gasteiger partial charge on any atom is 0.153 e. The lowest BCUT2D eigenvalue weighted by molar-refractivity contribution is 0.667. The number of thioether (sulfide) groups is 1. The molecule has 56 heavy (non-hydrogen) atoms. The highest BCUT2D eigenvalue weighted by Gasteiger charge is 2.41. The van der Waals surface area contributed by atoms with Gasteiger partial charge < -0.3 is 10.2 Å². The Balaban J connectivity index is 0.000000530. The second kappa shape index (κ2) is 15.4. The molecular weight excluding hydrogens is 703 g/mol. The molecule has 1 aliphatic heterocycles. The van der Waals surface area contributed by atoms with Crippen LogP contribution in [0.1, 0.15) is 42.4 Å². The third kappa shape index (κ3) is 6.76. The average molecular weight is 744 g/mol. The second-order valence-corrected chi connectivity index (χ2v) is 15.4. The number of hydrogen-bond acceptors (Lipinski definition) is 3. The van der Waals surface area contributed by atoms with E-state index in [4.69, 9.17) is 20.6 Å². The van der Waals surface area contributed by atoms with Crippen LogP contribution < -0.4 is 5.73 Å². The number of para-hydroxylation sites is 2. The van der Waals surface area contributed by atoms with Gasteiger partial charge >= 0.3 is 0 Å². The van der Waals surface area contributed by atoms with Gasteiger partial charge in [-0.1, -0.05) is 175 Å². The summed E-state index contributed by atoms with van der Waals surface area (Å²) >= 11 is 1.82. The number of aliphatic imine (C=N–C) groups is 1. The fraction of sp³-hybridized carbons (Fsp3) is 0.0980. The fourth-order valence-corrected chi connectivity index (χ4v) is 9.47. The van der Waals surface area contributed by atoms with E-state index in [0.717, 1.165) is 49.8 Å². The molecule has 0 bridgehead atoms. The van der Waals surface area contributed by atoms with E-state index in [2.05, 4.69) is 140 Å². The van der Waals surface area contributed by atoms with Gasteiger partial charge in [0, 0.05) is 43.5 Å². The van der Waals surface area contributed by atoms with E-state index in [9.17, 15) is 0 Å². The number of rotatable bonds is 5. The molecule has 3 N–H and O–H groups in total. The van der Waals surface area contributed by atoms with Gasteiger partial charge in [-0.15, -0.1) is 0 Å². The lowest BCUT2D eigenvalue weighted by Gasteiger charge is -2.28. The SMILES string of the molecule is CC1=CCCC=C1.N=C(N=C(N)C1C=CC(c2cccc3c2oc2ccccc23)=C2Sc3c(-c4ccccc4)cc(-c4ccccc4)cc3C21)c1ccccc1. The summed E-state index contributed by atoms with van der Waals surface area (Å²) < 4.78 is 6.55. The minimum Gasteiger partial charge on any atom is -0.455 e. The topological polar surface area (TPSA) is 75.4 Å². The van der Waals surface area contributed by atoms with Crippen molar-refractivity contribution in [3.63, 3.8) is 0 Å². The van der Waals surface area contributed by atoms with E-state index < -0.39 is 0 Å². The first-order valence-electron chi connectivity index (χ1n) is 19.1. The van der Waals surface area contributed by atoms with E-state index in [0.29, 0.717) is 5.84 Å². The van der Waals surface area contributed by atoms with Crippen molar-refractivity contribution in [2.75, 3.05) is 0 Å². The Morgan fingerprint density at radius 2 is 1.41 bits per heavy atom. The summed E-state index contributed by atoms with van der Waals surface area (Å²) in [6, 6.07) is 50.0. The van der Waals surface area contributed by atoms with Crippen LogP contribution in [0, 0.1) is 11.3 Å². The minimum absolute atomic E-state index is 0.0990. The van der Waals surface area contributed by atoms with Gasteiger partial charge in [0.15, 0.2) is 5.84 Å². The van der Waals surface area contributed by atoms with Crippen molar-refractivity contribution in [1.82, 2.24) is 0 Å². The summed E-state index contributed by atoms with van der Waals surface area (Å²) in [5.41, 5.74) is 18.9. The maximum atomic E-state index is 8.80. The number of hydrogen-bond donors (Lipinski definition) is 2. The fourth-order valence-electron chi connectivity index (χ4n) is 7.97. The normalized spacial score (nSPS) is 17.3. The molecule has 3 aliphatic rings. The zero-order chi connectivity index (χ0) is 38.0. The molecular formula is C51H41N3OS. The van der Waals surface area contributed by atoms with E-state index in [1.165, 1.54) is 44.9 Å². The Kier molecular flexibility index (Phi) is 9.68. The van der Waals surface area contributed by atoms with Crippen molar-refractivity contribution in [2.45, 2.75) is 30.6 Å². The van der Waals surface area contributed by atoms with Crippen molar-refractivity contribution in [1.29, 1.82) is 5.41 Å². The summed E-state index contributed by atoms with van der Waals surface area (Å²) in [5.74, 6) is 0.233. The molecule has 0 radical (unpaired) electrons. The molecule has 2 heterocycles. The van der Waals surface area contributed by atoms with Gasteiger partial charge in [0.05, 0.1) is 0 Å². The predicted molar refractivity (Wildman–Crippen MR) is 236 cm³/mol. The monoisotopic (exact) mass is 743 g/mol. The van der Waals surface area contributed by atoms with Crippen molar-refractivity contribution >= 4 is 50.9 Å². The Hall–Kier alpha value is -6.43. The predicted octanol–water partition coefficient (Wildman–Crippen LogP) is 13.4. The molecule has 5 heteroatoms. The van der Waals surface area contributed by atoms with Gasteiger partial charge in [0.1, 0.15) is 17.0 Å². The molecule has 7 aromatic rings. The number of allylic oxidation sites excluding steroid dienone is 7. The first-order chi connectivity index (χ1) is 27.5. The minimum atomic E-state index is -0.249. The van der Waals surface area contributed by atoms with Crippen molar-refractivity contribution in [3.05, 3.63) is 203 Å². The second-order valence-electron chi connectivity index (χ2n) is 14.4. The molecule has 0 saturated heterocycles. The number of furan rings is 1. The van der Waals surface area contributed by atoms with E-state index in [1.807, 2.05) is 54.2 Å². The average Bonchev–Trinajstić information content (AvgIpc) is 3.84. The van der Waals surface area contributed by atoms with E-state index in [-0.39, 0.29) is 17.7 Å². The van der Waals surface area contributed by atoms with Crippen LogP contribution in [0.5, 0.6) is 0 Å². The number of benzene rings is 6. The van der Waals surface area contributed by atoms with Gasteiger partial charge in [-0.25, -0.2) is 4.99 Å². The zero-order valence-electron chi connectivity index (χ0n) is 31.2.